The SMILES string of the molecule is N[C@@H](CCc1ccc(O)cc1)CC(=O)O. The maximum Gasteiger partial charge on any atom is 0.304 e. The quantitative estimate of drug-likeness (QED) is 0.678. The Morgan fingerprint density at radius 3 is 2.47 bits per heavy atom. The molecule has 4 nitrogen and oxygen atoms in total. The summed E-state index contributed by atoms with van der Waals surface area (Å²) in [6, 6.07) is 6.53. The normalized spacial score (nSPS) is 12.3. The third kappa shape index (κ3) is 4.46. The lowest BCUT2D eigenvalue weighted by Gasteiger charge is -2.08. The van der Waals surface area contributed by atoms with Gasteiger partial charge in [-0.25, -0.2) is 0 Å². The van der Waals surface area contributed by atoms with Gasteiger partial charge >= 0.3 is 5.97 Å². The third-order valence-electron chi connectivity index (χ3n) is 2.18. The molecule has 0 saturated heterocycles. The molecule has 0 aliphatic carbocycles. The molecule has 0 aliphatic heterocycles. The fraction of sp³-hybridized carbons (Fsp3) is 0.364. The Morgan fingerprint density at radius 2 is 1.93 bits per heavy atom. The van der Waals surface area contributed by atoms with E-state index in [0.717, 1.165) is 12.0 Å². The lowest BCUT2D eigenvalue weighted by Crippen LogP contribution is -2.24. The topological polar surface area (TPSA) is 83.5 Å². The zero-order valence-corrected chi connectivity index (χ0v) is 8.39. The van der Waals surface area contributed by atoms with Crippen molar-refractivity contribution in [2.75, 3.05) is 0 Å². The number of aliphatic carboxylic acids is 1. The van der Waals surface area contributed by atoms with Gasteiger partial charge in [0.05, 0.1) is 6.42 Å². The van der Waals surface area contributed by atoms with Crippen molar-refractivity contribution < 1.29 is 15.0 Å². The third-order valence-corrected chi connectivity index (χ3v) is 2.18. The van der Waals surface area contributed by atoms with Crippen LogP contribution in [-0.2, 0) is 11.2 Å². The highest BCUT2D eigenvalue weighted by atomic mass is 16.4. The molecule has 4 heteroatoms. The minimum atomic E-state index is -0.867. The van der Waals surface area contributed by atoms with E-state index in [1.54, 1.807) is 12.1 Å². The van der Waals surface area contributed by atoms with Crippen LogP contribution in [-0.4, -0.2) is 22.2 Å². The van der Waals surface area contributed by atoms with Crippen LogP contribution in [0.2, 0.25) is 0 Å². The molecule has 0 bridgehead atoms. The van der Waals surface area contributed by atoms with Crippen molar-refractivity contribution in [2.24, 2.45) is 5.73 Å². The Hall–Kier alpha value is -1.55. The van der Waals surface area contributed by atoms with Crippen LogP contribution in [0.4, 0.5) is 0 Å². The molecule has 0 radical (unpaired) electrons. The molecule has 0 heterocycles. The number of carbonyl (C=O) groups is 1. The molecule has 0 fully saturated rings. The number of phenols is 1. The van der Waals surface area contributed by atoms with Gasteiger partial charge in [-0.3, -0.25) is 4.79 Å². The van der Waals surface area contributed by atoms with E-state index in [-0.39, 0.29) is 18.2 Å². The van der Waals surface area contributed by atoms with E-state index in [1.807, 2.05) is 12.1 Å². The Labute approximate surface area is 88.3 Å². The number of aromatic hydroxyl groups is 1. The number of hydrogen-bond donors (Lipinski definition) is 3. The molecule has 4 N–H and O–H groups in total. The second kappa shape index (κ2) is 5.36. The Balaban J connectivity index is 2.36. The average molecular weight is 209 g/mol. The Kier molecular flexibility index (Phi) is 4.12. The number of benzene rings is 1. The molecule has 0 saturated carbocycles. The van der Waals surface area contributed by atoms with Crippen LogP contribution in [0, 0.1) is 0 Å². The maximum absolute atomic E-state index is 10.4. The van der Waals surface area contributed by atoms with Gasteiger partial charge in [-0.1, -0.05) is 12.1 Å². The summed E-state index contributed by atoms with van der Waals surface area (Å²) in [5.41, 5.74) is 6.67. The number of nitrogens with two attached hydrogens (primary N) is 1. The molecule has 1 atom stereocenters. The van der Waals surface area contributed by atoms with E-state index in [2.05, 4.69) is 0 Å². The molecule has 15 heavy (non-hydrogen) atoms. The molecular weight excluding hydrogens is 194 g/mol. The van der Waals surface area contributed by atoms with E-state index in [0.29, 0.717) is 6.42 Å². The summed E-state index contributed by atoms with van der Waals surface area (Å²) < 4.78 is 0. The zero-order valence-electron chi connectivity index (χ0n) is 8.39. The molecule has 0 aromatic heterocycles. The summed E-state index contributed by atoms with van der Waals surface area (Å²) in [6.07, 6.45) is 1.36. The fourth-order valence-electron chi connectivity index (χ4n) is 1.34. The lowest BCUT2D eigenvalue weighted by atomic mass is 10.0. The highest BCUT2D eigenvalue weighted by Gasteiger charge is 2.07. The van der Waals surface area contributed by atoms with Gasteiger partial charge in [0.2, 0.25) is 0 Å². The van der Waals surface area contributed by atoms with Crippen molar-refractivity contribution in [3.8, 4) is 5.75 Å². The van der Waals surface area contributed by atoms with Gasteiger partial charge in [-0.15, -0.1) is 0 Å². The van der Waals surface area contributed by atoms with Crippen LogP contribution >= 0.6 is 0 Å². The highest BCUT2D eigenvalue weighted by Crippen LogP contribution is 2.12. The Morgan fingerprint density at radius 1 is 1.33 bits per heavy atom. The van der Waals surface area contributed by atoms with Crippen molar-refractivity contribution in [1.29, 1.82) is 0 Å². The standard InChI is InChI=1S/C11H15NO3/c12-9(7-11(14)15)4-1-8-2-5-10(13)6-3-8/h2-3,5-6,9,13H,1,4,7,12H2,(H,14,15)/t9-/m0/s1. The van der Waals surface area contributed by atoms with Crippen LogP contribution in [0.1, 0.15) is 18.4 Å². The predicted octanol–water partition coefficient (Wildman–Crippen LogP) is 1.13. The number of hydrogen-bond acceptors (Lipinski definition) is 3. The number of phenolic OH excluding ortho intramolecular Hbond substituents is 1. The molecule has 0 aliphatic rings. The van der Waals surface area contributed by atoms with Crippen LogP contribution in [0.5, 0.6) is 5.75 Å². The van der Waals surface area contributed by atoms with E-state index >= 15 is 0 Å². The lowest BCUT2D eigenvalue weighted by molar-refractivity contribution is -0.137. The van der Waals surface area contributed by atoms with E-state index in [4.69, 9.17) is 15.9 Å². The van der Waals surface area contributed by atoms with Gasteiger partial charge in [0.1, 0.15) is 5.75 Å². The van der Waals surface area contributed by atoms with Crippen molar-refractivity contribution in [2.45, 2.75) is 25.3 Å². The van der Waals surface area contributed by atoms with Crippen molar-refractivity contribution in [1.82, 2.24) is 0 Å². The van der Waals surface area contributed by atoms with Gasteiger partial charge in [-0.05, 0) is 30.5 Å². The average Bonchev–Trinajstić information content (AvgIpc) is 2.16. The summed E-state index contributed by atoms with van der Waals surface area (Å²) in [5, 5.41) is 17.6. The molecule has 1 aromatic rings. The number of carboxylic acid groups (broad SMARTS) is 1. The first-order valence-electron chi connectivity index (χ1n) is 4.83. The number of aryl methyl sites for hydroxylation is 1. The van der Waals surface area contributed by atoms with Gasteiger partial charge in [0.15, 0.2) is 0 Å². The first-order valence-corrected chi connectivity index (χ1v) is 4.83. The summed E-state index contributed by atoms with van der Waals surface area (Å²) in [7, 11) is 0. The van der Waals surface area contributed by atoms with E-state index < -0.39 is 5.97 Å². The van der Waals surface area contributed by atoms with Crippen LogP contribution in [0.25, 0.3) is 0 Å². The maximum atomic E-state index is 10.4. The van der Waals surface area contributed by atoms with E-state index in [1.165, 1.54) is 0 Å². The molecule has 82 valence electrons. The minimum Gasteiger partial charge on any atom is -0.508 e. The van der Waals surface area contributed by atoms with Gasteiger partial charge < -0.3 is 15.9 Å². The van der Waals surface area contributed by atoms with Crippen LogP contribution in [0.3, 0.4) is 0 Å². The monoisotopic (exact) mass is 209 g/mol. The van der Waals surface area contributed by atoms with Crippen molar-refractivity contribution >= 4 is 5.97 Å². The molecule has 0 unspecified atom stereocenters. The fourth-order valence-corrected chi connectivity index (χ4v) is 1.34. The second-order valence-corrected chi connectivity index (χ2v) is 3.56. The van der Waals surface area contributed by atoms with Gasteiger partial charge in [-0.2, -0.15) is 0 Å². The minimum absolute atomic E-state index is 0.00190. The molecule has 0 amide bonds. The summed E-state index contributed by atoms with van der Waals surface area (Å²) in [6.45, 7) is 0. The summed E-state index contributed by atoms with van der Waals surface area (Å²) in [5.74, 6) is -0.637. The second-order valence-electron chi connectivity index (χ2n) is 3.56. The molecular formula is C11H15NO3. The Bertz CT molecular complexity index is 321. The first-order chi connectivity index (χ1) is 7.08. The van der Waals surface area contributed by atoms with Gasteiger partial charge in [0.25, 0.3) is 0 Å². The predicted molar refractivity (Wildman–Crippen MR) is 56.7 cm³/mol. The molecule has 0 spiro atoms. The summed E-state index contributed by atoms with van der Waals surface area (Å²) in [4.78, 5) is 10.4. The van der Waals surface area contributed by atoms with Crippen LogP contribution in [0.15, 0.2) is 24.3 Å². The zero-order chi connectivity index (χ0) is 11.3. The first kappa shape index (κ1) is 11.5. The van der Waals surface area contributed by atoms with E-state index in [9.17, 15) is 4.79 Å². The van der Waals surface area contributed by atoms with Crippen molar-refractivity contribution in [3.05, 3.63) is 29.8 Å². The molecule has 1 rings (SSSR count). The van der Waals surface area contributed by atoms with Crippen LogP contribution < -0.4 is 5.73 Å². The number of carboxylic acids is 1. The largest absolute Gasteiger partial charge is 0.508 e. The number of rotatable bonds is 5. The summed E-state index contributed by atoms with van der Waals surface area (Å²) >= 11 is 0. The van der Waals surface area contributed by atoms with Crippen molar-refractivity contribution in [3.63, 3.8) is 0 Å². The molecule has 1 aromatic carbocycles. The van der Waals surface area contributed by atoms with Gasteiger partial charge in [0, 0.05) is 6.04 Å². The smallest absolute Gasteiger partial charge is 0.304 e. The highest BCUT2D eigenvalue weighted by molar-refractivity contribution is 5.67.